The van der Waals surface area contributed by atoms with E-state index in [0.29, 0.717) is 13.2 Å². The molecular weight excluding hydrogens is 202 g/mol. The fourth-order valence-corrected chi connectivity index (χ4v) is 1.26. The molecule has 0 amide bonds. The van der Waals surface area contributed by atoms with Gasteiger partial charge in [0.15, 0.2) is 0 Å². The molecule has 82 valence electrons. The van der Waals surface area contributed by atoms with Crippen molar-refractivity contribution in [2.45, 2.75) is 0 Å². The number of nitrogens with zero attached hydrogens (tertiary/aromatic N) is 2. The number of para-hydroxylation sites is 1. The zero-order valence-electron chi connectivity index (χ0n) is 8.84. The molecular formula is C12H13N3O. The highest BCUT2D eigenvalue weighted by atomic mass is 16.5. The smallest absolute Gasteiger partial charge is 0.148 e. The Labute approximate surface area is 94.3 Å². The van der Waals surface area contributed by atoms with Crippen molar-refractivity contribution in [2.75, 3.05) is 18.5 Å². The average Bonchev–Trinajstić information content (AvgIpc) is 2.37. The van der Waals surface area contributed by atoms with Crippen molar-refractivity contribution >= 4 is 5.82 Å². The van der Waals surface area contributed by atoms with Crippen molar-refractivity contribution in [2.24, 2.45) is 0 Å². The summed E-state index contributed by atoms with van der Waals surface area (Å²) in [6.45, 7) is 1.30. The lowest BCUT2D eigenvalue weighted by atomic mass is 10.3. The number of ether oxygens (including phenoxy) is 1. The summed E-state index contributed by atoms with van der Waals surface area (Å²) >= 11 is 0. The van der Waals surface area contributed by atoms with Crippen LogP contribution in [0.1, 0.15) is 0 Å². The SMILES string of the molecule is c1ccc(OCCNc2cccnn2)cc1. The van der Waals surface area contributed by atoms with Crippen LogP contribution in [-0.4, -0.2) is 23.3 Å². The Bertz CT molecular complexity index is 364. The quantitative estimate of drug-likeness (QED) is 0.774. The Morgan fingerprint density at radius 1 is 1.06 bits per heavy atom. The van der Waals surface area contributed by atoms with Crippen molar-refractivity contribution < 1.29 is 4.74 Å². The van der Waals surface area contributed by atoms with Gasteiger partial charge in [0, 0.05) is 6.20 Å². The van der Waals surface area contributed by atoms with Crippen LogP contribution >= 0.6 is 0 Å². The summed E-state index contributed by atoms with van der Waals surface area (Å²) in [5, 5.41) is 10.8. The summed E-state index contributed by atoms with van der Waals surface area (Å²) in [6, 6.07) is 13.4. The summed E-state index contributed by atoms with van der Waals surface area (Å²) in [4.78, 5) is 0. The van der Waals surface area contributed by atoms with Crippen LogP contribution in [-0.2, 0) is 0 Å². The molecule has 0 saturated carbocycles. The fraction of sp³-hybridized carbons (Fsp3) is 0.167. The molecule has 16 heavy (non-hydrogen) atoms. The zero-order valence-corrected chi connectivity index (χ0v) is 8.84. The van der Waals surface area contributed by atoms with Crippen molar-refractivity contribution in [1.29, 1.82) is 0 Å². The maximum atomic E-state index is 5.52. The lowest BCUT2D eigenvalue weighted by Gasteiger charge is -2.06. The molecule has 4 nitrogen and oxygen atoms in total. The predicted octanol–water partition coefficient (Wildman–Crippen LogP) is 1.97. The van der Waals surface area contributed by atoms with Gasteiger partial charge in [0.25, 0.3) is 0 Å². The lowest BCUT2D eigenvalue weighted by Crippen LogP contribution is -2.12. The van der Waals surface area contributed by atoms with Gasteiger partial charge in [-0.25, -0.2) is 0 Å². The van der Waals surface area contributed by atoms with Crippen LogP contribution in [0.4, 0.5) is 5.82 Å². The highest BCUT2D eigenvalue weighted by Gasteiger charge is 1.93. The molecule has 0 atom stereocenters. The Balaban J connectivity index is 1.70. The van der Waals surface area contributed by atoms with E-state index in [2.05, 4.69) is 15.5 Å². The molecule has 4 heteroatoms. The first-order valence-corrected chi connectivity index (χ1v) is 5.14. The van der Waals surface area contributed by atoms with E-state index in [1.807, 2.05) is 42.5 Å². The predicted molar refractivity (Wildman–Crippen MR) is 62.5 cm³/mol. The molecule has 1 N–H and O–H groups in total. The topological polar surface area (TPSA) is 47.0 Å². The molecule has 0 unspecified atom stereocenters. The van der Waals surface area contributed by atoms with Gasteiger partial charge in [0.2, 0.25) is 0 Å². The van der Waals surface area contributed by atoms with Crippen LogP contribution in [0.25, 0.3) is 0 Å². The first-order valence-electron chi connectivity index (χ1n) is 5.14. The molecule has 0 aliphatic heterocycles. The maximum absolute atomic E-state index is 5.52. The van der Waals surface area contributed by atoms with E-state index in [9.17, 15) is 0 Å². The normalized spacial score (nSPS) is 9.75. The molecule has 0 bridgehead atoms. The molecule has 1 aromatic carbocycles. The third-order valence-electron chi connectivity index (χ3n) is 1.99. The van der Waals surface area contributed by atoms with Crippen molar-refractivity contribution in [3.63, 3.8) is 0 Å². The van der Waals surface area contributed by atoms with Crippen molar-refractivity contribution in [3.05, 3.63) is 48.7 Å². The van der Waals surface area contributed by atoms with Gasteiger partial charge in [-0.05, 0) is 24.3 Å². The van der Waals surface area contributed by atoms with E-state index in [4.69, 9.17) is 4.74 Å². The second-order valence-corrected chi connectivity index (χ2v) is 3.20. The van der Waals surface area contributed by atoms with Crippen LogP contribution in [0, 0.1) is 0 Å². The standard InChI is InChI=1S/C12H13N3O/c1-2-5-11(6-3-1)16-10-9-13-12-7-4-8-14-15-12/h1-8H,9-10H2,(H,13,15). The number of hydrogen-bond donors (Lipinski definition) is 1. The highest BCUT2D eigenvalue weighted by molar-refractivity contribution is 5.31. The first kappa shape index (κ1) is 10.4. The lowest BCUT2D eigenvalue weighted by molar-refractivity contribution is 0.332. The number of hydrogen-bond acceptors (Lipinski definition) is 4. The summed E-state index contributed by atoms with van der Waals surface area (Å²) in [6.07, 6.45) is 1.64. The summed E-state index contributed by atoms with van der Waals surface area (Å²) in [5.74, 6) is 1.64. The maximum Gasteiger partial charge on any atom is 0.148 e. The van der Waals surface area contributed by atoms with E-state index >= 15 is 0 Å². The minimum Gasteiger partial charge on any atom is -0.492 e. The molecule has 0 radical (unpaired) electrons. The number of aromatic nitrogens is 2. The molecule has 0 saturated heterocycles. The monoisotopic (exact) mass is 215 g/mol. The van der Waals surface area contributed by atoms with Crippen molar-refractivity contribution in [1.82, 2.24) is 10.2 Å². The Kier molecular flexibility index (Phi) is 3.71. The van der Waals surface area contributed by atoms with Gasteiger partial charge >= 0.3 is 0 Å². The van der Waals surface area contributed by atoms with Crippen molar-refractivity contribution in [3.8, 4) is 5.75 Å². The third-order valence-corrected chi connectivity index (χ3v) is 1.99. The van der Waals surface area contributed by atoms with Gasteiger partial charge in [0.05, 0.1) is 6.54 Å². The first-order chi connectivity index (χ1) is 7.95. The molecule has 1 aromatic heterocycles. The van der Waals surface area contributed by atoms with Crippen LogP contribution < -0.4 is 10.1 Å². The molecule has 0 aliphatic carbocycles. The van der Waals surface area contributed by atoms with E-state index < -0.39 is 0 Å². The van der Waals surface area contributed by atoms with E-state index in [0.717, 1.165) is 11.6 Å². The molecule has 2 aromatic rings. The summed E-state index contributed by atoms with van der Waals surface area (Å²) in [7, 11) is 0. The molecule has 0 spiro atoms. The fourth-order valence-electron chi connectivity index (χ4n) is 1.26. The van der Waals surface area contributed by atoms with E-state index in [1.165, 1.54) is 0 Å². The molecule has 0 fully saturated rings. The summed E-state index contributed by atoms with van der Waals surface area (Å²) < 4.78 is 5.52. The minimum atomic E-state index is 0.598. The number of anilines is 1. The van der Waals surface area contributed by atoms with Gasteiger partial charge in [-0.15, -0.1) is 5.10 Å². The second kappa shape index (κ2) is 5.70. The molecule has 0 aliphatic rings. The largest absolute Gasteiger partial charge is 0.492 e. The van der Waals surface area contributed by atoms with Gasteiger partial charge < -0.3 is 10.1 Å². The third kappa shape index (κ3) is 3.24. The Morgan fingerprint density at radius 2 is 1.94 bits per heavy atom. The van der Waals surface area contributed by atoms with Gasteiger partial charge in [-0.3, -0.25) is 0 Å². The number of benzene rings is 1. The van der Waals surface area contributed by atoms with E-state index in [1.54, 1.807) is 6.20 Å². The van der Waals surface area contributed by atoms with E-state index in [-0.39, 0.29) is 0 Å². The minimum absolute atomic E-state index is 0.598. The Morgan fingerprint density at radius 3 is 2.69 bits per heavy atom. The molecule has 1 heterocycles. The van der Waals surface area contributed by atoms with Gasteiger partial charge in [-0.1, -0.05) is 18.2 Å². The highest BCUT2D eigenvalue weighted by Crippen LogP contribution is 2.07. The number of rotatable bonds is 5. The van der Waals surface area contributed by atoms with Gasteiger partial charge in [0.1, 0.15) is 18.2 Å². The zero-order chi connectivity index (χ0) is 11.1. The number of nitrogens with one attached hydrogen (secondary N) is 1. The Hall–Kier alpha value is -2.10. The van der Waals surface area contributed by atoms with Crippen LogP contribution in [0.15, 0.2) is 48.7 Å². The van der Waals surface area contributed by atoms with Crippen LogP contribution in [0.5, 0.6) is 5.75 Å². The van der Waals surface area contributed by atoms with Crippen LogP contribution in [0.3, 0.4) is 0 Å². The van der Waals surface area contributed by atoms with Crippen LogP contribution in [0.2, 0.25) is 0 Å². The van der Waals surface area contributed by atoms with Gasteiger partial charge in [-0.2, -0.15) is 5.10 Å². The average molecular weight is 215 g/mol. The second-order valence-electron chi connectivity index (χ2n) is 3.20. The molecule has 2 rings (SSSR count). The summed E-state index contributed by atoms with van der Waals surface area (Å²) in [5.41, 5.74) is 0.